The summed E-state index contributed by atoms with van der Waals surface area (Å²) in [6, 6.07) is 5.72. The van der Waals surface area contributed by atoms with Crippen molar-refractivity contribution >= 4 is 0 Å². The van der Waals surface area contributed by atoms with Crippen LogP contribution in [0.5, 0.6) is 5.75 Å². The summed E-state index contributed by atoms with van der Waals surface area (Å²) in [5, 5.41) is 0. The van der Waals surface area contributed by atoms with Crippen molar-refractivity contribution < 1.29 is 13.5 Å². The van der Waals surface area contributed by atoms with Gasteiger partial charge in [-0.2, -0.15) is 0 Å². The van der Waals surface area contributed by atoms with Crippen molar-refractivity contribution in [2.75, 3.05) is 6.61 Å². The molecule has 0 atom stereocenters. The summed E-state index contributed by atoms with van der Waals surface area (Å²) in [5.74, 6) is -1.92. The number of hydrogen-bond donors (Lipinski definition) is 0. The molecule has 0 heterocycles. The maximum atomic E-state index is 12.9. The number of alkyl halides is 2. The smallest absolute Gasteiger partial charge is 0.251 e. The Hall–Kier alpha value is -1.12. The predicted molar refractivity (Wildman–Crippen MR) is 61.3 cm³/mol. The van der Waals surface area contributed by atoms with Crippen LogP contribution in [-0.4, -0.2) is 12.5 Å². The average Bonchev–Trinajstić information content (AvgIpc) is 2.21. The first-order valence-corrected chi connectivity index (χ1v) is 5.52. The lowest BCUT2D eigenvalue weighted by Crippen LogP contribution is -2.18. The molecule has 0 amide bonds. The number of hydrogen-bond acceptors (Lipinski definition) is 1. The Kier molecular flexibility index (Phi) is 4.27. The Balaban J connectivity index is 2.49. The summed E-state index contributed by atoms with van der Waals surface area (Å²) in [4.78, 5) is 0. The second-order valence-corrected chi connectivity index (χ2v) is 4.08. The SMILES string of the molecule is CCC(F)(F)CCOc1ccc(C)cc1C. The van der Waals surface area contributed by atoms with Crippen LogP contribution in [0.3, 0.4) is 0 Å². The number of ether oxygens (including phenoxy) is 1. The van der Waals surface area contributed by atoms with Crippen LogP contribution in [0.15, 0.2) is 18.2 Å². The van der Waals surface area contributed by atoms with E-state index in [1.165, 1.54) is 6.92 Å². The molecule has 0 saturated heterocycles. The van der Waals surface area contributed by atoms with E-state index in [9.17, 15) is 8.78 Å². The van der Waals surface area contributed by atoms with Gasteiger partial charge in [0.05, 0.1) is 6.61 Å². The van der Waals surface area contributed by atoms with Gasteiger partial charge >= 0.3 is 0 Å². The van der Waals surface area contributed by atoms with E-state index in [0.29, 0.717) is 5.75 Å². The molecule has 3 heteroatoms. The molecule has 90 valence electrons. The van der Waals surface area contributed by atoms with Crippen molar-refractivity contribution in [1.82, 2.24) is 0 Å². The van der Waals surface area contributed by atoms with Gasteiger partial charge in [-0.3, -0.25) is 0 Å². The molecule has 0 saturated carbocycles. The Bertz CT molecular complexity index is 348. The fourth-order valence-electron chi connectivity index (χ4n) is 1.45. The Morgan fingerprint density at radius 2 is 1.94 bits per heavy atom. The lowest BCUT2D eigenvalue weighted by Gasteiger charge is -2.15. The first kappa shape index (κ1) is 12.9. The molecular formula is C13H18F2O. The first-order chi connectivity index (χ1) is 7.44. The van der Waals surface area contributed by atoms with E-state index >= 15 is 0 Å². The standard InChI is InChI=1S/C13H18F2O/c1-4-13(14,15)7-8-16-12-6-5-10(2)9-11(12)3/h5-6,9H,4,7-8H2,1-3H3. The van der Waals surface area contributed by atoms with Gasteiger partial charge in [0.15, 0.2) is 0 Å². The van der Waals surface area contributed by atoms with Crippen molar-refractivity contribution in [1.29, 1.82) is 0 Å². The van der Waals surface area contributed by atoms with Gasteiger partial charge in [-0.05, 0) is 25.5 Å². The van der Waals surface area contributed by atoms with Gasteiger partial charge < -0.3 is 4.74 Å². The quantitative estimate of drug-likeness (QED) is 0.736. The zero-order valence-corrected chi connectivity index (χ0v) is 10.0. The maximum Gasteiger partial charge on any atom is 0.251 e. The van der Waals surface area contributed by atoms with E-state index in [2.05, 4.69) is 0 Å². The van der Waals surface area contributed by atoms with Crippen LogP contribution < -0.4 is 4.74 Å². The third-order valence-corrected chi connectivity index (χ3v) is 2.57. The molecule has 0 radical (unpaired) electrons. The summed E-state index contributed by atoms with van der Waals surface area (Å²) in [6.45, 7) is 5.45. The van der Waals surface area contributed by atoms with Crippen LogP contribution in [0, 0.1) is 13.8 Å². The average molecular weight is 228 g/mol. The summed E-state index contributed by atoms with van der Waals surface area (Å²) in [5.41, 5.74) is 2.13. The van der Waals surface area contributed by atoms with E-state index < -0.39 is 5.92 Å². The van der Waals surface area contributed by atoms with E-state index in [1.54, 1.807) is 0 Å². The molecule has 0 unspecified atom stereocenters. The molecule has 0 aliphatic carbocycles. The zero-order chi connectivity index (χ0) is 12.2. The molecule has 1 rings (SSSR count). The highest BCUT2D eigenvalue weighted by molar-refractivity contribution is 5.35. The van der Waals surface area contributed by atoms with Gasteiger partial charge in [0.2, 0.25) is 0 Å². The molecule has 0 N–H and O–H groups in total. The molecule has 1 aromatic rings. The maximum absolute atomic E-state index is 12.9. The molecule has 1 aromatic carbocycles. The van der Waals surface area contributed by atoms with Crippen molar-refractivity contribution in [3.63, 3.8) is 0 Å². The zero-order valence-electron chi connectivity index (χ0n) is 10.0. The third kappa shape index (κ3) is 3.80. The topological polar surface area (TPSA) is 9.23 Å². The van der Waals surface area contributed by atoms with Gasteiger partial charge in [-0.15, -0.1) is 0 Å². The molecule has 16 heavy (non-hydrogen) atoms. The molecule has 0 aromatic heterocycles. The van der Waals surface area contributed by atoms with Gasteiger partial charge in [-0.25, -0.2) is 8.78 Å². The summed E-state index contributed by atoms with van der Waals surface area (Å²) < 4.78 is 31.2. The van der Waals surface area contributed by atoms with Crippen LogP contribution in [0.25, 0.3) is 0 Å². The largest absolute Gasteiger partial charge is 0.493 e. The van der Waals surface area contributed by atoms with Crippen molar-refractivity contribution in [3.05, 3.63) is 29.3 Å². The highest BCUT2D eigenvalue weighted by Gasteiger charge is 2.25. The minimum atomic E-state index is -2.61. The van der Waals surface area contributed by atoms with Crippen LogP contribution in [0.4, 0.5) is 8.78 Å². The number of aryl methyl sites for hydroxylation is 2. The third-order valence-electron chi connectivity index (χ3n) is 2.57. The Morgan fingerprint density at radius 1 is 1.25 bits per heavy atom. The second kappa shape index (κ2) is 5.28. The molecule has 0 bridgehead atoms. The highest BCUT2D eigenvalue weighted by atomic mass is 19.3. The van der Waals surface area contributed by atoms with Gasteiger partial charge in [-0.1, -0.05) is 24.6 Å². The van der Waals surface area contributed by atoms with Gasteiger partial charge in [0, 0.05) is 12.8 Å². The van der Waals surface area contributed by atoms with Crippen molar-refractivity contribution in [2.24, 2.45) is 0 Å². The van der Waals surface area contributed by atoms with Gasteiger partial charge in [0.25, 0.3) is 5.92 Å². The van der Waals surface area contributed by atoms with Crippen molar-refractivity contribution in [3.8, 4) is 5.75 Å². The Morgan fingerprint density at radius 3 is 2.50 bits per heavy atom. The van der Waals surface area contributed by atoms with Crippen LogP contribution in [0.2, 0.25) is 0 Å². The predicted octanol–water partition coefficient (Wildman–Crippen LogP) is 4.12. The molecule has 0 fully saturated rings. The van der Waals surface area contributed by atoms with E-state index in [-0.39, 0.29) is 19.4 Å². The summed E-state index contributed by atoms with van der Waals surface area (Å²) >= 11 is 0. The molecule has 0 aliphatic rings. The minimum absolute atomic E-state index is 0.0603. The first-order valence-electron chi connectivity index (χ1n) is 5.52. The fourth-order valence-corrected chi connectivity index (χ4v) is 1.45. The van der Waals surface area contributed by atoms with Crippen molar-refractivity contribution in [2.45, 2.75) is 39.5 Å². The summed E-state index contributed by atoms with van der Waals surface area (Å²) in [7, 11) is 0. The lowest BCUT2D eigenvalue weighted by molar-refractivity contribution is -0.0219. The fraction of sp³-hybridized carbons (Fsp3) is 0.538. The van der Waals surface area contributed by atoms with Crippen LogP contribution in [-0.2, 0) is 0 Å². The highest BCUT2D eigenvalue weighted by Crippen LogP contribution is 2.24. The molecule has 0 spiro atoms. The monoisotopic (exact) mass is 228 g/mol. The number of rotatable bonds is 5. The normalized spacial score (nSPS) is 11.6. The van der Waals surface area contributed by atoms with E-state index in [0.717, 1.165) is 11.1 Å². The molecule has 0 aliphatic heterocycles. The van der Waals surface area contributed by atoms with E-state index in [1.807, 2.05) is 32.0 Å². The van der Waals surface area contributed by atoms with Crippen LogP contribution >= 0.6 is 0 Å². The number of halogens is 2. The molecule has 1 nitrogen and oxygen atoms in total. The van der Waals surface area contributed by atoms with Gasteiger partial charge in [0.1, 0.15) is 5.75 Å². The minimum Gasteiger partial charge on any atom is -0.493 e. The second-order valence-electron chi connectivity index (χ2n) is 4.08. The lowest BCUT2D eigenvalue weighted by atomic mass is 10.1. The summed E-state index contributed by atoms with van der Waals surface area (Å²) in [6.07, 6.45) is -0.361. The molecular weight excluding hydrogens is 210 g/mol. The van der Waals surface area contributed by atoms with Crippen LogP contribution in [0.1, 0.15) is 30.9 Å². The Labute approximate surface area is 95.4 Å². The number of benzene rings is 1. The van der Waals surface area contributed by atoms with E-state index in [4.69, 9.17) is 4.74 Å².